The van der Waals surface area contributed by atoms with Gasteiger partial charge in [0.25, 0.3) is 0 Å². The van der Waals surface area contributed by atoms with Crippen molar-refractivity contribution in [3.05, 3.63) is 29.8 Å². The van der Waals surface area contributed by atoms with Crippen LogP contribution in [0.25, 0.3) is 0 Å². The first-order chi connectivity index (χ1) is 11.1. The Morgan fingerprint density at radius 3 is 2.61 bits per heavy atom. The summed E-state index contributed by atoms with van der Waals surface area (Å²) in [7, 11) is 3.24. The van der Waals surface area contributed by atoms with Crippen LogP contribution in [0.2, 0.25) is 0 Å². The molecule has 0 aliphatic carbocycles. The van der Waals surface area contributed by atoms with Crippen LogP contribution in [0.1, 0.15) is 18.9 Å². The van der Waals surface area contributed by atoms with E-state index < -0.39 is 0 Å². The quantitative estimate of drug-likeness (QED) is 0.658. The van der Waals surface area contributed by atoms with Crippen molar-refractivity contribution in [2.75, 3.05) is 40.5 Å². The van der Waals surface area contributed by atoms with Crippen molar-refractivity contribution < 1.29 is 19.1 Å². The third-order valence-corrected chi connectivity index (χ3v) is 3.47. The minimum Gasteiger partial charge on any atom is -0.496 e. The largest absolute Gasteiger partial charge is 0.496 e. The van der Waals surface area contributed by atoms with Gasteiger partial charge in [0.05, 0.1) is 13.7 Å². The Kier molecular flexibility index (Phi) is 8.75. The molecular formula is C17H26N2O4. The number of amides is 2. The van der Waals surface area contributed by atoms with Gasteiger partial charge in [-0.05, 0) is 24.5 Å². The Labute approximate surface area is 137 Å². The molecule has 0 saturated heterocycles. The van der Waals surface area contributed by atoms with E-state index >= 15 is 0 Å². The van der Waals surface area contributed by atoms with Crippen LogP contribution in [0.4, 0.5) is 0 Å². The zero-order chi connectivity index (χ0) is 17.1. The van der Waals surface area contributed by atoms with Crippen molar-refractivity contribution in [1.29, 1.82) is 0 Å². The molecule has 2 amide bonds. The normalized spacial score (nSPS) is 10.2. The number of benzene rings is 1. The topological polar surface area (TPSA) is 67.9 Å². The fourth-order valence-electron chi connectivity index (χ4n) is 2.19. The first-order valence-electron chi connectivity index (χ1n) is 7.71. The van der Waals surface area contributed by atoms with Gasteiger partial charge in [-0.3, -0.25) is 9.59 Å². The molecule has 0 bridgehead atoms. The van der Waals surface area contributed by atoms with Gasteiger partial charge in [0.2, 0.25) is 11.8 Å². The lowest BCUT2D eigenvalue weighted by atomic mass is 10.1. The summed E-state index contributed by atoms with van der Waals surface area (Å²) in [5.74, 6) is 0.517. The van der Waals surface area contributed by atoms with E-state index in [0.717, 1.165) is 17.7 Å². The highest BCUT2D eigenvalue weighted by Crippen LogP contribution is 2.17. The Morgan fingerprint density at radius 1 is 1.22 bits per heavy atom. The summed E-state index contributed by atoms with van der Waals surface area (Å²) in [5.41, 5.74) is 1.02. The number of rotatable bonds is 10. The molecule has 0 heterocycles. The van der Waals surface area contributed by atoms with Crippen molar-refractivity contribution in [2.24, 2.45) is 0 Å². The van der Waals surface area contributed by atoms with Crippen molar-refractivity contribution >= 4 is 11.8 Å². The highest BCUT2D eigenvalue weighted by molar-refractivity contribution is 5.83. The summed E-state index contributed by atoms with van der Waals surface area (Å²) in [6.45, 7) is 3.16. The van der Waals surface area contributed by atoms with Gasteiger partial charge in [0.15, 0.2) is 0 Å². The minimum atomic E-state index is -0.156. The van der Waals surface area contributed by atoms with E-state index in [0.29, 0.717) is 26.1 Å². The summed E-state index contributed by atoms with van der Waals surface area (Å²) in [4.78, 5) is 25.2. The SMILES string of the molecule is COCCCNC(=O)CN(CCc1ccccc1OC)C(C)=O. The maximum Gasteiger partial charge on any atom is 0.239 e. The summed E-state index contributed by atoms with van der Waals surface area (Å²) < 4.78 is 10.2. The van der Waals surface area contributed by atoms with Crippen LogP contribution < -0.4 is 10.1 Å². The van der Waals surface area contributed by atoms with Gasteiger partial charge in [0, 0.05) is 33.7 Å². The van der Waals surface area contributed by atoms with Gasteiger partial charge in [-0.15, -0.1) is 0 Å². The molecule has 0 spiro atoms. The second-order valence-electron chi connectivity index (χ2n) is 5.20. The zero-order valence-corrected chi connectivity index (χ0v) is 14.1. The molecule has 6 nitrogen and oxygen atoms in total. The molecule has 0 aliphatic heterocycles. The molecule has 0 atom stereocenters. The van der Waals surface area contributed by atoms with E-state index in [1.165, 1.54) is 11.8 Å². The zero-order valence-electron chi connectivity index (χ0n) is 14.1. The molecule has 0 aliphatic rings. The maximum absolute atomic E-state index is 11.9. The number of carbonyl (C=O) groups excluding carboxylic acids is 2. The predicted molar refractivity (Wildman–Crippen MR) is 88.5 cm³/mol. The molecule has 1 N–H and O–H groups in total. The smallest absolute Gasteiger partial charge is 0.239 e. The van der Waals surface area contributed by atoms with Crippen LogP contribution in [0.15, 0.2) is 24.3 Å². The van der Waals surface area contributed by atoms with Crippen LogP contribution in [-0.2, 0) is 20.7 Å². The van der Waals surface area contributed by atoms with Crippen LogP contribution >= 0.6 is 0 Å². The lowest BCUT2D eigenvalue weighted by Crippen LogP contribution is -2.41. The summed E-state index contributed by atoms with van der Waals surface area (Å²) in [6.07, 6.45) is 1.39. The number of hydrogen-bond donors (Lipinski definition) is 1. The predicted octanol–water partition coefficient (Wildman–Crippen LogP) is 1.24. The number of para-hydroxylation sites is 1. The third-order valence-electron chi connectivity index (χ3n) is 3.47. The minimum absolute atomic E-state index is 0.0669. The number of nitrogens with one attached hydrogen (secondary N) is 1. The van der Waals surface area contributed by atoms with Gasteiger partial charge in [0.1, 0.15) is 5.75 Å². The Morgan fingerprint density at radius 2 is 1.96 bits per heavy atom. The molecular weight excluding hydrogens is 296 g/mol. The Bertz CT molecular complexity index is 505. The second kappa shape index (κ2) is 10.6. The highest BCUT2D eigenvalue weighted by Gasteiger charge is 2.14. The second-order valence-corrected chi connectivity index (χ2v) is 5.20. The van der Waals surface area contributed by atoms with E-state index in [1.807, 2.05) is 24.3 Å². The molecule has 0 aromatic heterocycles. The maximum atomic E-state index is 11.9. The van der Waals surface area contributed by atoms with E-state index in [4.69, 9.17) is 9.47 Å². The van der Waals surface area contributed by atoms with E-state index in [9.17, 15) is 9.59 Å². The monoisotopic (exact) mass is 322 g/mol. The fraction of sp³-hybridized carbons (Fsp3) is 0.529. The van der Waals surface area contributed by atoms with E-state index in [-0.39, 0.29) is 18.4 Å². The molecule has 1 rings (SSSR count). The first kappa shape index (κ1) is 19.0. The van der Waals surface area contributed by atoms with Crippen LogP contribution in [0.3, 0.4) is 0 Å². The number of methoxy groups -OCH3 is 2. The first-order valence-corrected chi connectivity index (χ1v) is 7.71. The molecule has 128 valence electrons. The summed E-state index contributed by atoms with van der Waals surface area (Å²) in [5, 5.41) is 2.79. The lowest BCUT2D eigenvalue weighted by Gasteiger charge is -2.21. The average molecular weight is 322 g/mol. The molecule has 0 fully saturated rings. The lowest BCUT2D eigenvalue weighted by molar-refractivity contribution is -0.134. The van der Waals surface area contributed by atoms with Crippen LogP contribution in [0.5, 0.6) is 5.75 Å². The van der Waals surface area contributed by atoms with Crippen molar-refractivity contribution in [1.82, 2.24) is 10.2 Å². The van der Waals surface area contributed by atoms with Gasteiger partial charge >= 0.3 is 0 Å². The Hall–Kier alpha value is -2.08. The van der Waals surface area contributed by atoms with Crippen LogP contribution in [-0.4, -0.2) is 57.2 Å². The molecule has 0 radical (unpaired) electrons. The van der Waals surface area contributed by atoms with E-state index in [2.05, 4.69) is 5.32 Å². The third kappa shape index (κ3) is 7.15. The number of carbonyl (C=O) groups is 2. The van der Waals surface area contributed by atoms with E-state index in [1.54, 1.807) is 14.2 Å². The molecule has 23 heavy (non-hydrogen) atoms. The fourth-order valence-corrected chi connectivity index (χ4v) is 2.19. The van der Waals surface area contributed by atoms with Gasteiger partial charge < -0.3 is 19.7 Å². The van der Waals surface area contributed by atoms with Gasteiger partial charge in [-0.25, -0.2) is 0 Å². The number of nitrogens with zero attached hydrogens (tertiary/aromatic N) is 1. The van der Waals surface area contributed by atoms with Gasteiger partial charge in [-0.1, -0.05) is 18.2 Å². The molecule has 1 aromatic rings. The summed E-state index contributed by atoms with van der Waals surface area (Å²) in [6, 6.07) is 7.68. The molecule has 6 heteroatoms. The molecule has 0 saturated carbocycles. The van der Waals surface area contributed by atoms with Crippen LogP contribution in [0, 0.1) is 0 Å². The average Bonchev–Trinajstić information content (AvgIpc) is 2.55. The molecule has 1 aromatic carbocycles. The standard InChI is InChI=1S/C17H26N2O4/c1-14(20)19(13-17(21)18-10-6-12-22-2)11-9-15-7-4-5-8-16(15)23-3/h4-5,7-8H,6,9-13H2,1-3H3,(H,18,21). The molecule has 0 unspecified atom stereocenters. The van der Waals surface area contributed by atoms with Crippen molar-refractivity contribution in [3.63, 3.8) is 0 Å². The van der Waals surface area contributed by atoms with Crippen molar-refractivity contribution in [3.8, 4) is 5.75 Å². The summed E-state index contributed by atoms with van der Waals surface area (Å²) >= 11 is 0. The Balaban J connectivity index is 2.49. The van der Waals surface area contributed by atoms with Gasteiger partial charge in [-0.2, -0.15) is 0 Å². The number of ether oxygens (including phenoxy) is 2. The highest BCUT2D eigenvalue weighted by atomic mass is 16.5. The number of hydrogen-bond acceptors (Lipinski definition) is 4. The van der Waals surface area contributed by atoms with Crippen molar-refractivity contribution in [2.45, 2.75) is 19.8 Å².